The minimum Gasteiger partial charge on any atom is -0.444 e. The molecule has 0 saturated carbocycles. The predicted octanol–water partition coefficient (Wildman–Crippen LogP) is 2.54. The summed E-state index contributed by atoms with van der Waals surface area (Å²) in [6.07, 6.45) is 1.32. The molecule has 30 heavy (non-hydrogen) atoms. The average molecular weight is 417 g/mol. The maximum absolute atomic E-state index is 12.1. The van der Waals surface area contributed by atoms with Crippen LogP contribution in [0.5, 0.6) is 0 Å². The van der Waals surface area contributed by atoms with E-state index in [0.29, 0.717) is 18.3 Å². The van der Waals surface area contributed by atoms with Gasteiger partial charge in [-0.05, 0) is 46.8 Å². The molecule has 0 radical (unpaired) electrons. The van der Waals surface area contributed by atoms with Gasteiger partial charge in [-0.2, -0.15) is 4.98 Å². The first-order valence-electron chi connectivity index (χ1n) is 10.3. The molecular formula is C21H32N6O3. The lowest BCUT2D eigenvalue weighted by Gasteiger charge is -2.33. The molecule has 0 unspecified atom stereocenters. The van der Waals surface area contributed by atoms with Crippen LogP contribution in [0.3, 0.4) is 0 Å². The third kappa shape index (κ3) is 6.50. The van der Waals surface area contributed by atoms with Crippen molar-refractivity contribution in [1.29, 1.82) is 0 Å². The van der Waals surface area contributed by atoms with Crippen molar-refractivity contribution in [3.63, 3.8) is 0 Å². The number of amides is 1. The number of carbonyl (C=O) groups is 1. The van der Waals surface area contributed by atoms with E-state index in [-0.39, 0.29) is 0 Å². The summed E-state index contributed by atoms with van der Waals surface area (Å²) in [5.74, 6) is 0.972. The number of ether oxygens (including phenoxy) is 1. The Balaban J connectivity index is 1.49. The third-order valence-electron chi connectivity index (χ3n) is 4.78. The SMILES string of the molecule is CC(C)(C)OC(=O)NC(C)(C)c1noc(CN2CCN(Cc3ccccn3)CC2)n1. The molecule has 1 fully saturated rings. The molecule has 1 N–H and O–H groups in total. The molecule has 1 aliphatic heterocycles. The van der Waals surface area contributed by atoms with E-state index < -0.39 is 17.2 Å². The van der Waals surface area contributed by atoms with E-state index in [9.17, 15) is 4.79 Å². The minimum absolute atomic E-state index is 0.428. The Morgan fingerprint density at radius 3 is 2.37 bits per heavy atom. The highest BCUT2D eigenvalue weighted by molar-refractivity contribution is 5.68. The van der Waals surface area contributed by atoms with Gasteiger partial charge in [0.15, 0.2) is 5.82 Å². The lowest BCUT2D eigenvalue weighted by molar-refractivity contribution is 0.0465. The molecular weight excluding hydrogens is 384 g/mol. The molecule has 2 aromatic heterocycles. The Kier molecular flexibility index (Phi) is 6.72. The van der Waals surface area contributed by atoms with Gasteiger partial charge in [0.2, 0.25) is 5.89 Å². The van der Waals surface area contributed by atoms with Crippen LogP contribution in [0.25, 0.3) is 0 Å². The monoisotopic (exact) mass is 416 g/mol. The standard InChI is InChI=1S/C21H32N6O3/c1-20(2,3)29-19(28)24-21(4,5)18-23-17(30-25-18)15-27-12-10-26(11-13-27)14-16-8-6-7-9-22-16/h6-9H,10-15H2,1-5H3,(H,24,28). The zero-order valence-corrected chi connectivity index (χ0v) is 18.5. The van der Waals surface area contributed by atoms with Gasteiger partial charge < -0.3 is 14.6 Å². The second-order valence-corrected chi connectivity index (χ2v) is 9.14. The van der Waals surface area contributed by atoms with E-state index >= 15 is 0 Å². The van der Waals surface area contributed by atoms with Crippen molar-refractivity contribution in [2.75, 3.05) is 26.2 Å². The molecule has 0 aliphatic carbocycles. The second kappa shape index (κ2) is 9.09. The van der Waals surface area contributed by atoms with E-state index in [1.54, 1.807) is 0 Å². The highest BCUT2D eigenvalue weighted by atomic mass is 16.6. The van der Waals surface area contributed by atoms with Gasteiger partial charge in [0, 0.05) is 38.9 Å². The second-order valence-electron chi connectivity index (χ2n) is 9.14. The Morgan fingerprint density at radius 1 is 1.10 bits per heavy atom. The quantitative estimate of drug-likeness (QED) is 0.767. The molecule has 0 aromatic carbocycles. The molecule has 164 valence electrons. The van der Waals surface area contributed by atoms with Crippen LogP contribution in [-0.2, 0) is 23.4 Å². The number of pyridine rings is 1. The summed E-state index contributed by atoms with van der Waals surface area (Å²) in [5.41, 5.74) is -0.278. The van der Waals surface area contributed by atoms with Crippen LogP contribution >= 0.6 is 0 Å². The van der Waals surface area contributed by atoms with Crippen molar-refractivity contribution in [2.45, 2.75) is 58.8 Å². The number of hydrogen-bond acceptors (Lipinski definition) is 8. The van der Waals surface area contributed by atoms with Gasteiger partial charge in [-0.3, -0.25) is 14.8 Å². The number of aromatic nitrogens is 3. The molecule has 0 spiro atoms. The summed E-state index contributed by atoms with van der Waals surface area (Å²) in [7, 11) is 0. The van der Waals surface area contributed by atoms with Gasteiger partial charge in [-0.15, -0.1) is 0 Å². The highest BCUT2D eigenvalue weighted by Gasteiger charge is 2.31. The zero-order chi connectivity index (χ0) is 21.8. The van der Waals surface area contributed by atoms with Gasteiger partial charge in [-0.25, -0.2) is 4.79 Å². The van der Waals surface area contributed by atoms with Crippen molar-refractivity contribution >= 4 is 6.09 Å². The number of piperazine rings is 1. The molecule has 1 amide bonds. The summed E-state index contributed by atoms with van der Waals surface area (Å²) in [5, 5.41) is 6.87. The van der Waals surface area contributed by atoms with Crippen LogP contribution in [0, 0.1) is 0 Å². The Hall–Kier alpha value is -2.52. The van der Waals surface area contributed by atoms with E-state index in [1.165, 1.54) is 0 Å². The Morgan fingerprint density at radius 2 is 1.77 bits per heavy atom. The maximum Gasteiger partial charge on any atom is 0.408 e. The van der Waals surface area contributed by atoms with Gasteiger partial charge in [0.25, 0.3) is 0 Å². The van der Waals surface area contributed by atoms with Crippen LogP contribution < -0.4 is 5.32 Å². The summed E-state index contributed by atoms with van der Waals surface area (Å²) >= 11 is 0. The van der Waals surface area contributed by atoms with Crippen molar-refractivity contribution in [3.05, 3.63) is 41.8 Å². The fourth-order valence-corrected chi connectivity index (χ4v) is 3.21. The van der Waals surface area contributed by atoms with Crippen LogP contribution in [0.1, 0.15) is 52.0 Å². The third-order valence-corrected chi connectivity index (χ3v) is 4.78. The van der Waals surface area contributed by atoms with Crippen LogP contribution in [-0.4, -0.2) is 62.8 Å². The summed E-state index contributed by atoms with van der Waals surface area (Å²) in [6, 6.07) is 6.01. The van der Waals surface area contributed by atoms with E-state index in [4.69, 9.17) is 9.26 Å². The molecule has 1 saturated heterocycles. The largest absolute Gasteiger partial charge is 0.444 e. The van der Waals surface area contributed by atoms with Crippen molar-refractivity contribution in [3.8, 4) is 0 Å². The fourth-order valence-electron chi connectivity index (χ4n) is 3.21. The number of nitrogens with one attached hydrogen (secondary N) is 1. The van der Waals surface area contributed by atoms with E-state index in [2.05, 4.69) is 36.3 Å². The maximum atomic E-state index is 12.1. The molecule has 3 rings (SSSR count). The first-order chi connectivity index (χ1) is 14.1. The molecule has 0 atom stereocenters. The zero-order valence-electron chi connectivity index (χ0n) is 18.5. The number of nitrogens with zero attached hydrogens (tertiary/aromatic N) is 5. The van der Waals surface area contributed by atoms with E-state index in [0.717, 1.165) is 38.4 Å². The molecule has 2 aromatic rings. The summed E-state index contributed by atoms with van der Waals surface area (Å²) in [6.45, 7) is 14.3. The van der Waals surface area contributed by atoms with Crippen molar-refractivity contribution in [1.82, 2.24) is 30.2 Å². The topological polar surface area (TPSA) is 96.6 Å². The van der Waals surface area contributed by atoms with Crippen LogP contribution in [0.15, 0.2) is 28.9 Å². The fraction of sp³-hybridized carbons (Fsp3) is 0.619. The highest BCUT2D eigenvalue weighted by Crippen LogP contribution is 2.19. The van der Waals surface area contributed by atoms with E-state index in [1.807, 2.05) is 52.9 Å². The Bertz CT molecular complexity index is 823. The molecule has 9 heteroatoms. The van der Waals surface area contributed by atoms with Gasteiger partial charge >= 0.3 is 6.09 Å². The first-order valence-corrected chi connectivity index (χ1v) is 10.3. The minimum atomic E-state index is -0.800. The van der Waals surface area contributed by atoms with Crippen molar-refractivity contribution < 1.29 is 14.1 Å². The first kappa shape index (κ1) is 22.2. The van der Waals surface area contributed by atoms with Crippen molar-refractivity contribution in [2.24, 2.45) is 0 Å². The molecule has 0 bridgehead atoms. The van der Waals surface area contributed by atoms with Gasteiger partial charge in [0.1, 0.15) is 11.1 Å². The normalized spacial score (nSPS) is 16.4. The predicted molar refractivity (Wildman–Crippen MR) is 111 cm³/mol. The molecule has 1 aliphatic rings. The summed E-state index contributed by atoms with van der Waals surface area (Å²) < 4.78 is 10.8. The van der Waals surface area contributed by atoms with Crippen LogP contribution in [0.4, 0.5) is 4.79 Å². The molecule has 9 nitrogen and oxygen atoms in total. The Labute approximate surface area is 177 Å². The number of rotatable bonds is 6. The lowest BCUT2D eigenvalue weighted by Crippen LogP contribution is -2.45. The lowest BCUT2D eigenvalue weighted by atomic mass is 10.1. The average Bonchev–Trinajstić information content (AvgIpc) is 3.12. The smallest absolute Gasteiger partial charge is 0.408 e. The van der Waals surface area contributed by atoms with Gasteiger partial charge in [-0.1, -0.05) is 11.2 Å². The van der Waals surface area contributed by atoms with Gasteiger partial charge in [0.05, 0.1) is 12.2 Å². The number of carbonyl (C=O) groups excluding carboxylic acids is 1. The summed E-state index contributed by atoms with van der Waals surface area (Å²) in [4.78, 5) is 25.7. The number of alkyl carbamates (subject to hydrolysis) is 1. The van der Waals surface area contributed by atoms with Crippen LogP contribution in [0.2, 0.25) is 0 Å². The number of hydrogen-bond donors (Lipinski definition) is 1. The molecule has 3 heterocycles.